The second-order valence-corrected chi connectivity index (χ2v) is 4.09. The molecule has 0 fully saturated rings. The molecule has 0 unspecified atom stereocenters. The quantitative estimate of drug-likeness (QED) is 0.633. The minimum atomic E-state index is -4.38. The summed E-state index contributed by atoms with van der Waals surface area (Å²) in [6, 6.07) is 4.51. The van der Waals surface area contributed by atoms with Gasteiger partial charge in [-0.05, 0) is 30.7 Å². The van der Waals surface area contributed by atoms with Crippen LogP contribution in [0.5, 0.6) is 0 Å². The fraction of sp³-hybridized carbons (Fsp3) is 0.500. The molecule has 0 aromatic heterocycles. The summed E-state index contributed by atoms with van der Waals surface area (Å²) in [5, 5.41) is 2.75. The fourth-order valence-electron chi connectivity index (χ4n) is 1.46. The van der Waals surface area contributed by atoms with Crippen LogP contribution in [0, 0.1) is 0 Å². The van der Waals surface area contributed by atoms with Gasteiger partial charge in [-0.15, -0.1) is 0 Å². The molecule has 1 aromatic carbocycles. The first-order valence-corrected chi connectivity index (χ1v) is 5.62. The maximum Gasteiger partial charge on any atom is 0.416 e. The predicted octanol–water partition coefficient (Wildman–Crippen LogP) is 4.14. The molecule has 108 valence electrons. The van der Waals surface area contributed by atoms with E-state index >= 15 is 0 Å². The highest BCUT2D eigenvalue weighted by molar-refractivity contribution is 5.24. The summed E-state index contributed by atoms with van der Waals surface area (Å²) >= 11 is 0. The second kappa shape index (κ2) is 6.27. The van der Waals surface area contributed by atoms with Crippen LogP contribution in [0.1, 0.15) is 24.0 Å². The summed E-state index contributed by atoms with van der Waals surface area (Å²) in [5.74, 6) is 0. The van der Waals surface area contributed by atoms with Crippen LogP contribution in [0.4, 0.5) is 26.3 Å². The molecule has 0 heterocycles. The van der Waals surface area contributed by atoms with Crippen LogP contribution in [0.25, 0.3) is 0 Å². The van der Waals surface area contributed by atoms with Gasteiger partial charge in [0.05, 0.1) is 5.56 Å². The number of hydrogen-bond acceptors (Lipinski definition) is 1. The largest absolute Gasteiger partial charge is 0.416 e. The van der Waals surface area contributed by atoms with Crippen LogP contribution in [0.15, 0.2) is 24.3 Å². The van der Waals surface area contributed by atoms with E-state index in [0.29, 0.717) is 5.56 Å². The van der Waals surface area contributed by atoms with Crippen LogP contribution >= 0.6 is 0 Å². The summed E-state index contributed by atoms with van der Waals surface area (Å²) in [5.41, 5.74) is -0.145. The van der Waals surface area contributed by atoms with Crippen molar-refractivity contribution < 1.29 is 26.3 Å². The van der Waals surface area contributed by atoms with Gasteiger partial charge in [-0.2, -0.15) is 26.3 Å². The highest BCUT2D eigenvalue weighted by atomic mass is 19.4. The van der Waals surface area contributed by atoms with Gasteiger partial charge in [-0.3, -0.25) is 0 Å². The number of hydrogen-bond donors (Lipinski definition) is 1. The molecule has 0 saturated carbocycles. The van der Waals surface area contributed by atoms with Crippen LogP contribution < -0.4 is 5.32 Å². The Bertz CT molecular complexity index is 379. The van der Waals surface area contributed by atoms with Crippen molar-refractivity contribution in [3.05, 3.63) is 35.4 Å². The fourth-order valence-corrected chi connectivity index (χ4v) is 1.46. The van der Waals surface area contributed by atoms with Gasteiger partial charge in [-0.1, -0.05) is 12.1 Å². The molecular weight excluding hydrogens is 272 g/mol. The Labute approximate surface area is 106 Å². The summed E-state index contributed by atoms with van der Waals surface area (Å²) in [4.78, 5) is 0. The molecule has 19 heavy (non-hydrogen) atoms. The van der Waals surface area contributed by atoms with Crippen molar-refractivity contribution in [2.45, 2.75) is 31.7 Å². The van der Waals surface area contributed by atoms with Crippen LogP contribution in [-0.4, -0.2) is 12.7 Å². The lowest BCUT2D eigenvalue weighted by Crippen LogP contribution is -2.17. The maximum atomic E-state index is 12.3. The SMILES string of the molecule is FC(F)(F)CCCNCc1ccc(C(F)(F)F)cc1. The van der Waals surface area contributed by atoms with Gasteiger partial charge in [0.25, 0.3) is 0 Å². The predicted molar refractivity (Wildman–Crippen MR) is 58.4 cm³/mol. The monoisotopic (exact) mass is 285 g/mol. The van der Waals surface area contributed by atoms with E-state index in [1.54, 1.807) is 0 Å². The zero-order valence-electron chi connectivity index (χ0n) is 9.91. The third kappa shape index (κ3) is 6.47. The molecule has 0 spiro atoms. The van der Waals surface area contributed by atoms with Crippen molar-refractivity contribution in [2.75, 3.05) is 6.54 Å². The van der Waals surface area contributed by atoms with Gasteiger partial charge >= 0.3 is 12.4 Å². The summed E-state index contributed by atoms with van der Waals surface area (Å²) in [6.07, 6.45) is -9.47. The highest BCUT2D eigenvalue weighted by Crippen LogP contribution is 2.29. The van der Waals surface area contributed by atoms with Gasteiger partial charge in [0.15, 0.2) is 0 Å². The first kappa shape index (κ1) is 15.8. The molecular formula is C12H13F6N. The van der Waals surface area contributed by atoms with Crippen LogP contribution in [0.2, 0.25) is 0 Å². The summed E-state index contributed by atoms with van der Waals surface area (Å²) in [7, 11) is 0. The Balaban J connectivity index is 2.31. The Morgan fingerprint density at radius 3 is 1.95 bits per heavy atom. The first-order chi connectivity index (χ1) is 8.68. The van der Waals surface area contributed by atoms with Crippen molar-refractivity contribution >= 4 is 0 Å². The number of halogens is 6. The van der Waals surface area contributed by atoms with E-state index in [0.717, 1.165) is 12.1 Å². The Morgan fingerprint density at radius 1 is 0.895 bits per heavy atom. The first-order valence-electron chi connectivity index (χ1n) is 5.62. The molecule has 1 aromatic rings. The normalized spacial score (nSPS) is 12.7. The summed E-state index contributed by atoms with van der Waals surface area (Å²) < 4.78 is 72.3. The van der Waals surface area contributed by atoms with E-state index in [-0.39, 0.29) is 19.5 Å². The minimum absolute atomic E-state index is 0.0515. The molecule has 1 nitrogen and oxygen atoms in total. The number of benzene rings is 1. The Morgan fingerprint density at radius 2 is 1.47 bits per heavy atom. The van der Waals surface area contributed by atoms with E-state index in [9.17, 15) is 26.3 Å². The third-order valence-corrected chi connectivity index (χ3v) is 2.42. The molecule has 0 saturated heterocycles. The molecule has 0 aliphatic heterocycles. The van der Waals surface area contributed by atoms with Gasteiger partial charge < -0.3 is 5.32 Å². The third-order valence-electron chi connectivity index (χ3n) is 2.42. The van der Waals surface area contributed by atoms with Gasteiger partial charge in [0.2, 0.25) is 0 Å². The smallest absolute Gasteiger partial charge is 0.313 e. The lowest BCUT2D eigenvalue weighted by atomic mass is 10.1. The maximum absolute atomic E-state index is 12.3. The molecule has 7 heteroatoms. The molecule has 1 rings (SSSR count). The second-order valence-electron chi connectivity index (χ2n) is 4.09. The van der Waals surface area contributed by atoms with Crippen molar-refractivity contribution in [1.82, 2.24) is 5.32 Å². The van der Waals surface area contributed by atoms with Gasteiger partial charge in [-0.25, -0.2) is 0 Å². The average molecular weight is 285 g/mol. The lowest BCUT2D eigenvalue weighted by molar-refractivity contribution is -0.137. The van der Waals surface area contributed by atoms with Crippen molar-refractivity contribution in [1.29, 1.82) is 0 Å². The average Bonchev–Trinajstić information content (AvgIpc) is 2.26. The van der Waals surface area contributed by atoms with Crippen molar-refractivity contribution in [3.8, 4) is 0 Å². The molecule has 0 radical (unpaired) electrons. The molecule has 1 N–H and O–H groups in total. The zero-order chi connectivity index (χ0) is 14.5. The Kier molecular flexibility index (Phi) is 5.22. The lowest BCUT2D eigenvalue weighted by Gasteiger charge is -2.09. The van der Waals surface area contributed by atoms with Gasteiger partial charge in [0.1, 0.15) is 0 Å². The Hall–Kier alpha value is -1.24. The van der Waals surface area contributed by atoms with Crippen LogP contribution in [0.3, 0.4) is 0 Å². The van der Waals surface area contributed by atoms with Crippen LogP contribution in [-0.2, 0) is 12.7 Å². The molecule has 0 bridgehead atoms. The number of nitrogens with one attached hydrogen (secondary N) is 1. The van der Waals surface area contributed by atoms with Crippen molar-refractivity contribution in [2.24, 2.45) is 0 Å². The zero-order valence-corrected chi connectivity index (χ0v) is 9.91. The van der Waals surface area contributed by atoms with Crippen molar-refractivity contribution in [3.63, 3.8) is 0 Å². The topological polar surface area (TPSA) is 12.0 Å². The standard InChI is InChI=1S/C12H13F6N/c13-11(14,15)6-1-7-19-8-9-2-4-10(5-3-9)12(16,17)18/h2-5,19H,1,6-8H2. The van der Waals surface area contributed by atoms with E-state index in [2.05, 4.69) is 5.32 Å². The highest BCUT2D eigenvalue weighted by Gasteiger charge is 2.29. The van der Waals surface area contributed by atoms with E-state index in [4.69, 9.17) is 0 Å². The number of rotatable bonds is 5. The molecule has 0 aliphatic carbocycles. The molecule has 0 aliphatic rings. The van der Waals surface area contributed by atoms with E-state index < -0.39 is 24.3 Å². The minimum Gasteiger partial charge on any atom is -0.313 e. The summed E-state index contributed by atoms with van der Waals surface area (Å²) in [6.45, 7) is 0.413. The number of alkyl halides is 6. The molecule has 0 amide bonds. The molecule has 0 atom stereocenters. The van der Waals surface area contributed by atoms with E-state index in [1.165, 1.54) is 12.1 Å². The van der Waals surface area contributed by atoms with E-state index in [1.807, 2.05) is 0 Å². The van der Waals surface area contributed by atoms with Gasteiger partial charge in [0, 0.05) is 13.0 Å².